The lowest BCUT2D eigenvalue weighted by molar-refractivity contribution is 0.00388. The lowest BCUT2D eigenvalue weighted by atomic mass is 9.87. The zero-order valence-corrected chi connectivity index (χ0v) is 8.79. The van der Waals surface area contributed by atoms with Crippen molar-refractivity contribution in [3.8, 4) is 0 Å². The molecule has 2 heteroatoms. The maximum absolute atomic E-state index is 10.1. The number of aliphatic hydroxyl groups is 1. The molecule has 2 aliphatic rings. The minimum atomic E-state index is -0.382. The van der Waals surface area contributed by atoms with E-state index in [2.05, 4.69) is 11.9 Å². The van der Waals surface area contributed by atoms with Gasteiger partial charge in [-0.1, -0.05) is 0 Å². The Morgan fingerprint density at radius 3 is 2.08 bits per heavy atom. The summed E-state index contributed by atoms with van der Waals surface area (Å²) in [6.07, 6.45) is 4.66. The van der Waals surface area contributed by atoms with Crippen molar-refractivity contribution in [1.29, 1.82) is 0 Å². The molecule has 2 fully saturated rings. The minimum absolute atomic E-state index is 0.382. The van der Waals surface area contributed by atoms with Crippen LogP contribution < -0.4 is 0 Å². The summed E-state index contributed by atoms with van der Waals surface area (Å²) >= 11 is 0. The molecule has 0 amide bonds. The van der Waals surface area contributed by atoms with Gasteiger partial charge in [0.1, 0.15) is 0 Å². The highest BCUT2D eigenvalue weighted by Crippen LogP contribution is 2.37. The van der Waals surface area contributed by atoms with Gasteiger partial charge in [-0.15, -0.1) is 0 Å². The Kier molecular flexibility index (Phi) is 2.37. The van der Waals surface area contributed by atoms with E-state index in [0.29, 0.717) is 0 Å². The Labute approximate surface area is 80.9 Å². The first-order valence-corrected chi connectivity index (χ1v) is 5.46. The Bertz CT molecular complexity index is 173. The van der Waals surface area contributed by atoms with Crippen molar-refractivity contribution in [2.24, 2.45) is 11.8 Å². The van der Waals surface area contributed by atoms with Crippen molar-refractivity contribution < 1.29 is 5.11 Å². The van der Waals surface area contributed by atoms with Crippen LogP contribution in [0, 0.1) is 11.8 Å². The number of fused-ring (bicyclic) bond motifs is 3. The number of likely N-dealkylation sites (tertiary alicyclic amines) is 1. The highest BCUT2D eigenvalue weighted by molar-refractivity contribution is 4.89. The second kappa shape index (κ2) is 3.25. The molecule has 2 rings (SSSR count). The van der Waals surface area contributed by atoms with Crippen molar-refractivity contribution in [3.63, 3.8) is 0 Å². The summed E-state index contributed by atoms with van der Waals surface area (Å²) in [5.41, 5.74) is -0.382. The van der Waals surface area contributed by atoms with E-state index in [4.69, 9.17) is 0 Å². The third kappa shape index (κ3) is 2.23. The fraction of sp³-hybridized carbons (Fsp3) is 1.00. The standard InChI is InChI=1S/C11H21NO/c1-11(13)5-9-3-4-10(6-11)8-12(2)7-9/h9-10,13H,3-8H2,1-2H3. The molecule has 0 aromatic rings. The van der Waals surface area contributed by atoms with Gasteiger partial charge in [0.05, 0.1) is 5.60 Å². The van der Waals surface area contributed by atoms with Gasteiger partial charge in [0.15, 0.2) is 0 Å². The molecule has 1 saturated carbocycles. The predicted octanol–water partition coefficient (Wildman–Crippen LogP) is 1.49. The monoisotopic (exact) mass is 183 g/mol. The van der Waals surface area contributed by atoms with E-state index < -0.39 is 0 Å². The fourth-order valence-corrected chi connectivity index (χ4v) is 3.27. The van der Waals surface area contributed by atoms with E-state index in [9.17, 15) is 5.11 Å². The third-order valence-corrected chi connectivity index (χ3v) is 3.58. The number of rotatable bonds is 0. The van der Waals surface area contributed by atoms with Crippen molar-refractivity contribution in [3.05, 3.63) is 0 Å². The first-order chi connectivity index (χ1) is 6.05. The molecule has 1 N–H and O–H groups in total. The molecule has 0 aromatic heterocycles. The minimum Gasteiger partial charge on any atom is -0.390 e. The largest absolute Gasteiger partial charge is 0.390 e. The summed E-state index contributed by atoms with van der Waals surface area (Å²) in [5.74, 6) is 1.46. The van der Waals surface area contributed by atoms with Crippen LogP contribution in [0.2, 0.25) is 0 Å². The molecular weight excluding hydrogens is 162 g/mol. The lowest BCUT2D eigenvalue weighted by Gasteiger charge is -2.33. The highest BCUT2D eigenvalue weighted by atomic mass is 16.3. The predicted molar refractivity (Wildman–Crippen MR) is 53.6 cm³/mol. The van der Waals surface area contributed by atoms with Gasteiger partial charge in [-0.3, -0.25) is 0 Å². The van der Waals surface area contributed by atoms with E-state index in [-0.39, 0.29) is 5.60 Å². The molecule has 1 aliphatic carbocycles. The maximum atomic E-state index is 10.1. The topological polar surface area (TPSA) is 23.5 Å². The Morgan fingerprint density at radius 2 is 1.62 bits per heavy atom. The maximum Gasteiger partial charge on any atom is 0.0626 e. The molecule has 2 nitrogen and oxygen atoms in total. The smallest absolute Gasteiger partial charge is 0.0626 e. The summed E-state index contributed by atoms with van der Waals surface area (Å²) in [7, 11) is 2.21. The van der Waals surface area contributed by atoms with E-state index in [0.717, 1.165) is 24.7 Å². The van der Waals surface area contributed by atoms with Gasteiger partial charge in [0.25, 0.3) is 0 Å². The van der Waals surface area contributed by atoms with Gasteiger partial charge < -0.3 is 10.0 Å². The average Bonchev–Trinajstić information content (AvgIpc) is 2.15. The van der Waals surface area contributed by atoms with Crippen LogP contribution in [0.3, 0.4) is 0 Å². The van der Waals surface area contributed by atoms with Crippen LogP contribution in [0.15, 0.2) is 0 Å². The molecular formula is C11H21NO. The summed E-state index contributed by atoms with van der Waals surface area (Å²) in [4.78, 5) is 2.44. The van der Waals surface area contributed by atoms with E-state index in [1.165, 1.54) is 25.9 Å². The van der Waals surface area contributed by atoms with Crippen molar-refractivity contribution in [2.45, 2.75) is 38.2 Å². The second-order valence-electron chi connectivity index (χ2n) is 5.44. The van der Waals surface area contributed by atoms with Crippen LogP contribution in [0.5, 0.6) is 0 Å². The van der Waals surface area contributed by atoms with Crippen molar-refractivity contribution >= 4 is 0 Å². The Hall–Kier alpha value is -0.0800. The first kappa shape index (κ1) is 9.47. The zero-order valence-electron chi connectivity index (χ0n) is 8.79. The van der Waals surface area contributed by atoms with Crippen molar-refractivity contribution in [2.75, 3.05) is 20.1 Å². The van der Waals surface area contributed by atoms with Gasteiger partial charge >= 0.3 is 0 Å². The van der Waals surface area contributed by atoms with Gasteiger partial charge in [-0.2, -0.15) is 0 Å². The van der Waals surface area contributed by atoms with E-state index >= 15 is 0 Å². The summed E-state index contributed by atoms with van der Waals surface area (Å²) in [6, 6.07) is 0. The van der Waals surface area contributed by atoms with Crippen LogP contribution in [-0.4, -0.2) is 35.7 Å². The van der Waals surface area contributed by atoms with Gasteiger partial charge in [0, 0.05) is 13.1 Å². The quantitative estimate of drug-likeness (QED) is 0.615. The molecule has 13 heavy (non-hydrogen) atoms. The van der Waals surface area contributed by atoms with Gasteiger partial charge in [-0.25, -0.2) is 0 Å². The number of nitrogens with zero attached hydrogens (tertiary/aromatic N) is 1. The van der Waals surface area contributed by atoms with Crippen LogP contribution in [-0.2, 0) is 0 Å². The first-order valence-electron chi connectivity index (χ1n) is 5.46. The highest BCUT2D eigenvalue weighted by Gasteiger charge is 2.36. The van der Waals surface area contributed by atoms with Crippen molar-refractivity contribution in [1.82, 2.24) is 4.90 Å². The molecule has 1 aliphatic heterocycles. The molecule has 2 bridgehead atoms. The summed E-state index contributed by atoms with van der Waals surface area (Å²) in [5, 5.41) is 10.1. The molecule has 0 radical (unpaired) electrons. The second-order valence-corrected chi connectivity index (χ2v) is 5.44. The summed E-state index contributed by atoms with van der Waals surface area (Å²) < 4.78 is 0. The SMILES string of the molecule is CN1CC2CCC(C1)CC(C)(O)C2. The van der Waals surface area contributed by atoms with Gasteiger partial charge in [0.2, 0.25) is 0 Å². The van der Waals surface area contributed by atoms with Crippen LogP contribution in [0.25, 0.3) is 0 Å². The fourth-order valence-electron chi connectivity index (χ4n) is 3.27. The molecule has 1 heterocycles. The number of hydrogen-bond donors (Lipinski definition) is 1. The van der Waals surface area contributed by atoms with E-state index in [1.54, 1.807) is 0 Å². The van der Waals surface area contributed by atoms with Crippen LogP contribution >= 0.6 is 0 Å². The molecule has 76 valence electrons. The lowest BCUT2D eigenvalue weighted by Crippen LogP contribution is -2.38. The molecule has 2 unspecified atom stereocenters. The molecule has 0 aromatic carbocycles. The van der Waals surface area contributed by atoms with Gasteiger partial charge in [-0.05, 0) is 51.5 Å². The number of hydrogen-bond acceptors (Lipinski definition) is 2. The summed E-state index contributed by atoms with van der Waals surface area (Å²) in [6.45, 7) is 4.39. The normalized spacial score (nSPS) is 47.3. The Morgan fingerprint density at radius 1 is 1.15 bits per heavy atom. The molecule has 0 spiro atoms. The van der Waals surface area contributed by atoms with Crippen LogP contribution in [0.1, 0.15) is 32.6 Å². The molecule has 2 atom stereocenters. The third-order valence-electron chi connectivity index (χ3n) is 3.58. The zero-order chi connectivity index (χ0) is 9.47. The van der Waals surface area contributed by atoms with Crippen LogP contribution in [0.4, 0.5) is 0 Å². The van der Waals surface area contributed by atoms with E-state index in [1.807, 2.05) is 6.92 Å². The molecule has 1 saturated heterocycles. The average molecular weight is 183 g/mol. The Balaban J connectivity index is 2.13.